The Labute approximate surface area is 170 Å². The SMILES string of the molecule is CCS(=O)(=O)N(C)c1cccc(C(=O)Nc2ccc(Oc3ccccc3)cc2)c1. The topological polar surface area (TPSA) is 75.7 Å². The van der Waals surface area contributed by atoms with E-state index in [1.807, 2.05) is 30.3 Å². The normalized spacial score (nSPS) is 11.0. The average Bonchev–Trinajstić information content (AvgIpc) is 2.75. The lowest BCUT2D eigenvalue weighted by atomic mass is 10.2. The van der Waals surface area contributed by atoms with E-state index in [0.717, 1.165) is 5.75 Å². The maximum absolute atomic E-state index is 12.6. The molecule has 0 aliphatic rings. The Kier molecular flexibility index (Phi) is 6.19. The Balaban J connectivity index is 1.69. The maximum atomic E-state index is 12.6. The third-order valence-electron chi connectivity index (χ3n) is 4.35. The molecule has 3 rings (SSSR count). The molecule has 0 unspecified atom stereocenters. The van der Waals surface area contributed by atoms with Crippen LogP contribution in [0.25, 0.3) is 0 Å². The van der Waals surface area contributed by atoms with Crippen LogP contribution in [-0.4, -0.2) is 27.1 Å². The number of nitrogens with zero attached hydrogens (tertiary/aromatic N) is 1. The molecule has 150 valence electrons. The zero-order valence-electron chi connectivity index (χ0n) is 16.2. The Morgan fingerprint density at radius 3 is 2.24 bits per heavy atom. The van der Waals surface area contributed by atoms with Crippen molar-refractivity contribution in [2.24, 2.45) is 0 Å². The number of carbonyl (C=O) groups excluding carboxylic acids is 1. The number of anilines is 2. The second-order valence-corrected chi connectivity index (χ2v) is 8.60. The molecule has 0 radical (unpaired) electrons. The van der Waals surface area contributed by atoms with Crippen molar-refractivity contribution in [1.82, 2.24) is 0 Å². The second-order valence-electron chi connectivity index (χ2n) is 6.31. The number of hydrogen-bond acceptors (Lipinski definition) is 4. The molecule has 0 saturated carbocycles. The smallest absolute Gasteiger partial charge is 0.255 e. The van der Waals surface area contributed by atoms with Crippen molar-refractivity contribution in [2.45, 2.75) is 6.92 Å². The number of nitrogens with one attached hydrogen (secondary N) is 1. The van der Waals surface area contributed by atoms with E-state index in [1.165, 1.54) is 11.4 Å². The summed E-state index contributed by atoms with van der Waals surface area (Å²) in [6.07, 6.45) is 0. The fourth-order valence-corrected chi connectivity index (χ4v) is 3.45. The highest BCUT2D eigenvalue weighted by atomic mass is 32.2. The van der Waals surface area contributed by atoms with Gasteiger partial charge in [0.1, 0.15) is 11.5 Å². The van der Waals surface area contributed by atoms with Gasteiger partial charge in [0, 0.05) is 18.3 Å². The number of sulfonamides is 1. The van der Waals surface area contributed by atoms with Crippen molar-refractivity contribution < 1.29 is 17.9 Å². The minimum atomic E-state index is -3.40. The third-order valence-corrected chi connectivity index (χ3v) is 6.12. The van der Waals surface area contributed by atoms with Gasteiger partial charge in [0.25, 0.3) is 5.91 Å². The Bertz CT molecular complexity index is 1080. The van der Waals surface area contributed by atoms with E-state index < -0.39 is 10.0 Å². The van der Waals surface area contributed by atoms with Crippen molar-refractivity contribution in [3.8, 4) is 11.5 Å². The average molecular weight is 410 g/mol. The van der Waals surface area contributed by atoms with Gasteiger partial charge >= 0.3 is 0 Å². The summed E-state index contributed by atoms with van der Waals surface area (Å²) < 4.78 is 31.0. The minimum Gasteiger partial charge on any atom is -0.457 e. The molecule has 0 aromatic heterocycles. The Morgan fingerprint density at radius 2 is 1.59 bits per heavy atom. The molecule has 0 heterocycles. The lowest BCUT2D eigenvalue weighted by Crippen LogP contribution is -2.28. The lowest BCUT2D eigenvalue weighted by Gasteiger charge is -2.19. The fraction of sp³-hybridized carbons (Fsp3) is 0.136. The van der Waals surface area contributed by atoms with Gasteiger partial charge in [-0.1, -0.05) is 24.3 Å². The molecule has 3 aromatic carbocycles. The summed E-state index contributed by atoms with van der Waals surface area (Å²) in [5.41, 5.74) is 1.41. The van der Waals surface area contributed by atoms with Crippen molar-refractivity contribution in [3.63, 3.8) is 0 Å². The first-order valence-electron chi connectivity index (χ1n) is 9.10. The number of ether oxygens (including phenoxy) is 1. The molecule has 0 atom stereocenters. The highest BCUT2D eigenvalue weighted by Gasteiger charge is 2.17. The summed E-state index contributed by atoms with van der Waals surface area (Å²) in [6.45, 7) is 1.58. The first kappa shape index (κ1) is 20.4. The summed E-state index contributed by atoms with van der Waals surface area (Å²) in [6, 6.07) is 22.9. The molecule has 29 heavy (non-hydrogen) atoms. The van der Waals surface area contributed by atoms with Crippen LogP contribution in [0.4, 0.5) is 11.4 Å². The highest BCUT2D eigenvalue weighted by molar-refractivity contribution is 7.92. The van der Waals surface area contributed by atoms with Gasteiger partial charge in [0.2, 0.25) is 10.0 Å². The monoisotopic (exact) mass is 410 g/mol. The predicted molar refractivity (Wildman–Crippen MR) is 115 cm³/mol. The third kappa shape index (κ3) is 5.14. The molecule has 1 N–H and O–H groups in total. The summed E-state index contributed by atoms with van der Waals surface area (Å²) in [5.74, 6) is 1.04. The van der Waals surface area contributed by atoms with Crippen LogP contribution in [0, 0.1) is 0 Å². The van der Waals surface area contributed by atoms with E-state index in [9.17, 15) is 13.2 Å². The predicted octanol–water partition coefficient (Wildman–Crippen LogP) is 4.52. The lowest BCUT2D eigenvalue weighted by molar-refractivity contribution is 0.102. The van der Waals surface area contributed by atoms with E-state index in [1.54, 1.807) is 55.5 Å². The number of hydrogen-bond donors (Lipinski definition) is 1. The fourth-order valence-electron chi connectivity index (χ4n) is 2.63. The number of carbonyl (C=O) groups is 1. The first-order valence-corrected chi connectivity index (χ1v) is 10.7. The molecule has 0 fully saturated rings. The maximum Gasteiger partial charge on any atom is 0.255 e. The molecule has 1 amide bonds. The summed E-state index contributed by atoms with van der Waals surface area (Å²) in [5, 5.41) is 2.81. The quantitative estimate of drug-likeness (QED) is 0.621. The standard InChI is InChI=1S/C22H22N2O4S/c1-3-29(26,27)24(2)19-9-7-8-17(16-19)22(25)23-18-12-14-21(15-13-18)28-20-10-5-4-6-11-20/h4-16H,3H2,1-2H3,(H,23,25). The van der Waals surface area contributed by atoms with Gasteiger partial charge in [-0.3, -0.25) is 9.10 Å². The van der Waals surface area contributed by atoms with E-state index in [-0.39, 0.29) is 11.7 Å². The Hall–Kier alpha value is -3.32. The number of amides is 1. The van der Waals surface area contributed by atoms with E-state index in [0.29, 0.717) is 22.7 Å². The molecule has 6 nitrogen and oxygen atoms in total. The van der Waals surface area contributed by atoms with Gasteiger partial charge in [-0.2, -0.15) is 0 Å². The second kappa shape index (κ2) is 8.79. The molecule has 0 aliphatic heterocycles. The van der Waals surface area contributed by atoms with Crippen LogP contribution in [0.3, 0.4) is 0 Å². The van der Waals surface area contributed by atoms with E-state index in [4.69, 9.17) is 4.74 Å². The molecule has 7 heteroatoms. The summed E-state index contributed by atoms with van der Waals surface area (Å²) in [4.78, 5) is 12.6. The van der Waals surface area contributed by atoms with Gasteiger partial charge in [-0.05, 0) is 61.5 Å². The largest absolute Gasteiger partial charge is 0.457 e. The first-order chi connectivity index (χ1) is 13.9. The van der Waals surface area contributed by atoms with Crippen LogP contribution >= 0.6 is 0 Å². The minimum absolute atomic E-state index is 0.0165. The van der Waals surface area contributed by atoms with Crippen molar-refractivity contribution in [2.75, 3.05) is 22.4 Å². The zero-order chi connectivity index (χ0) is 20.9. The van der Waals surface area contributed by atoms with Crippen molar-refractivity contribution in [3.05, 3.63) is 84.4 Å². The number of benzene rings is 3. The van der Waals surface area contributed by atoms with Gasteiger partial charge in [-0.25, -0.2) is 8.42 Å². The van der Waals surface area contributed by atoms with Crippen LogP contribution in [0.5, 0.6) is 11.5 Å². The van der Waals surface area contributed by atoms with Crippen LogP contribution in [0.2, 0.25) is 0 Å². The van der Waals surface area contributed by atoms with E-state index >= 15 is 0 Å². The molecule has 3 aromatic rings. The molecule has 0 bridgehead atoms. The van der Waals surface area contributed by atoms with Gasteiger partial charge in [0.15, 0.2) is 0 Å². The number of para-hydroxylation sites is 1. The van der Waals surface area contributed by atoms with Crippen LogP contribution in [0.15, 0.2) is 78.9 Å². The molecular formula is C22H22N2O4S. The summed E-state index contributed by atoms with van der Waals surface area (Å²) in [7, 11) is -1.92. The zero-order valence-corrected chi connectivity index (χ0v) is 17.0. The van der Waals surface area contributed by atoms with Gasteiger partial charge in [0.05, 0.1) is 11.4 Å². The highest BCUT2D eigenvalue weighted by Crippen LogP contribution is 2.23. The van der Waals surface area contributed by atoms with Crippen LogP contribution < -0.4 is 14.4 Å². The molecule has 0 spiro atoms. The molecular weight excluding hydrogens is 388 g/mol. The van der Waals surface area contributed by atoms with Crippen molar-refractivity contribution >= 4 is 27.3 Å². The van der Waals surface area contributed by atoms with Crippen LogP contribution in [-0.2, 0) is 10.0 Å². The molecule has 0 aliphatic carbocycles. The van der Waals surface area contributed by atoms with Gasteiger partial charge in [-0.15, -0.1) is 0 Å². The van der Waals surface area contributed by atoms with E-state index in [2.05, 4.69) is 5.32 Å². The summed E-state index contributed by atoms with van der Waals surface area (Å²) >= 11 is 0. The Morgan fingerprint density at radius 1 is 0.931 bits per heavy atom. The van der Waals surface area contributed by atoms with Gasteiger partial charge < -0.3 is 10.1 Å². The molecule has 0 saturated heterocycles. The van der Waals surface area contributed by atoms with Crippen LogP contribution in [0.1, 0.15) is 17.3 Å². The number of rotatable bonds is 7. The van der Waals surface area contributed by atoms with Crippen molar-refractivity contribution in [1.29, 1.82) is 0 Å².